The summed E-state index contributed by atoms with van der Waals surface area (Å²) in [7, 11) is 1.29. The van der Waals surface area contributed by atoms with Crippen LogP contribution in [0.15, 0.2) is 42.5 Å². The van der Waals surface area contributed by atoms with Gasteiger partial charge in [0.25, 0.3) is 5.91 Å². The maximum Gasteiger partial charge on any atom is 0.387 e. The van der Waals surface area contributed by atoms with Crippen LogP contribution in [0.1, 0.15) is 27.3 Å². The molecule has 0 radical (unpaired) electrons. The third-order valence-electron chi connectivity index (χ3n) is 4.48. The number of anilines is 1. The molecule has 3 rings (SSSR count). The van der Waals surface area contributed by atoms with Crippen molar-refractivity contribution in [2.45, 2.75) is 27.0 Å². The number of hydrogen-bond donors (Lipinski definition) is 1. The van der Waals surface area contributed by atoms with Crippen LogP contribution >= 0.6 is 0 Å². The standard InChI is InChI=1S/C21H20F3N3O3/c1-12-19(13(2)27(26-12)11-14-5-4-6-16(22)9-14)25-20(28)15-7-8-17(30-21(23)24)18(10-15)29-3/h4-10,21H,11H2,1-3H3,(H,25,28). The number of carbonyl (C=O) groups excluding carboxylic acids is 1. The van der Waals surface area contributed by atoms with Gasteiger partial charge in [-0.3, -0.25) is 9.48 Å². The molecule has 1 aromatic heterocycles. The second-order valence-corrected chi connectivity index (χ2v) is 6.53. The summed E-state index contributed by atoms with van der Waals surface area (Å²) in [5.74, 6) is -0.957. The Morgan fingerprint density at radius 1 is 1.17 bits per heavy atom. The molecule has 1 heterocycles. The Morgan fingerprint density at radius 2 is 1.93 bits per heavy atom. The van der Waals surface area contributed by atoms with E-state index in [0.29, 0.717) is 23.6 Å². The predicted molar refractivity (Wildman–Crippen MR) is 105 cm³/mol. The van der Waals surface area contributed by atoms with Gasteiger partial charge in [-0.25, -0.2) is 4.39 Å². The molecule has 0 bridgehead atoms. The summed E-state index contributed by atoms with van der Waals surface area (Å²) >= 11 is 0. The van der Waals surface area contributed by atoms with Gasteiger partial charge in [0.1, 0.15) is 5.82 Å². The zero-order valence-corrected chi connectivity index (χ0v) is 16.6. The minimum Gasteiger partial charge on any atom is -0.493 e. The number of rotatable bonds is 7. The van der Waals surface area contributed by atoms with Crippen LogP contribution in [0, 0.1) is 19.7 Å². The third kappa shape index (κ3) is 4.73. The Labute approximate surface area is 171 Å². The van der Waals surface area contributed by atoms with Crippen LogP contribution < -0.4 is 14.8 Å². The molecule has 3 aromatic rings. The van der Waals surface area contributed by atoms with E-state index in [1.807, 2.05) is 0 Å². The van der Waals surface area contributed by atoms with E-state index in [4.69, 9.17) is 4.74 Å². The Kier molecular flexibility index (Phi) is 6.29. The van der Waals surface area contributed by atoms with E-state index in [9.17, 15) is 18.0 Å². The highest BCUT2D eigenvalue weighted by molar-refractivity contribution is 6.05. The monoisotopic (exact) mass is 419 g/mol. The number of hydrogen-bond acceptors (Lipinski definition) is 4. The molecule has 0 aliphatic carbocycles. The van der Waals surface area contributed by atoms with Crippen LogP contribution in [0.4, 0.5) is 18.9 Å². The summed E-state index contributed by atoms with van der Waals surface area (Å²) in [6.45, 7) is 0.862. The van der Waals surface area contributed by atoms with Crippen molar-refractivity contribution in [1.82, 2.24) is 9.78 Å². The lowest BCUT2D eigenvalue weighted by molar-refractivity contribution is -0.0512. The highest BCUT2D eigenvalue weighted by atomic mass is 19.3. The van der Waals surface area contributed by atoms with E-state index < -0.39 is 12.5 Å². The van der Waals surface area contributed by atoms with Crippen LogP contribution in [0.3, 0.4) is 0 Å². The van der Waals surface area contributed by atoms with Crippen molar-refractivity contribution >= 4 is 11.6 Å². The minimum atomic E-state index is -3.01. The van der Waals surface area contributed by atoms with Gasteiger partial charge in [0.2, 0.25) is 0 Å². The van der Waals surface area contributed by atoms with Crippen molar-refractivity contribution in [3.05, 3.63) is 70.8 Å². The molecule has 6 nitrogen and oxygen atoms in total. The molecular formula is C21H20F3N3O3. The second-order valence-electron chi connectivity index (χ2n) is 6.53. The Balaban J connectivity index is 1.81. The van der Waals surface area contributed by atoms with Gasteiger partial charge in [-0.2, -0.15) is 13.9 Å². The lowest BCUT2D eigenvalue weighted by Gasteiger charge is -2.12. The van der Waals surface area contributed by atoms with Crippen molar-refractivity contribution in [3.63, 3.8) is 0 Å². The van der Waals surface area contributed by atoms with E-state index in [-0.39, 0.29) is 22.9 Å². The quantitative estimate of drug-likeness (QED) is 0.610. The fourth-order valence-corrected chi connectivity index (χ4v) is 3.03. The Morgan fingerprint density at radius 3 is 2.60 bits per heavy atom. The molecule has 0 unspecified atom stereocenters. The number of carbonyl (C=O) groups is 1. The number of aromatic nitrogens is 2. The Hall–Kier alpha value is -3.49. The summed E-state index contributed by atoms with van der Waals surface area (Å²) in [5.41, 5.74) is 2.72. The fourth-order valence-electron chi connectivity index (χ4n) is 3.03. The number of amides is 1. The van der Waals surface area contributed by atoms with Gasteiger partial charge in [0, 0.05) is 5.56 Å². The smallest absolute Gasteiger partial charge is 0.387 e. The maximum atomic E-state index is 13.4. The van der Waals surface area contributed by atoms with Crippen molar-refractivity contribution in [2.75, 3.05) is 12.4 Å². The summed E-state index contributed by atoms with van der Waals surface area (Å²) in [6.07, 6.45) is 0. The number of methoxy groups -OCH3 is 1. The van der Waals surface area contributed by atoms with Gasteiger partial charge < -0.3 is 14.8 Å². The Bertz CT molecular complexity index is 1070. The average molecular weight is 419 g/mol. The number of alkyl halides is 2. The first kappa shape index (κ1) is 21.2. The SMILES string of the molecule is COc1cc(C(=O)Nc2c(C)nn(Cc3cccc(F)c3)c2C)ccc1OC(F)F. The topological polar surface area (TPSA) is 65.4 Å². The van der Waals surface area contributed by atoms with Gasteiger partial charge in [0.05, 0.1) is 30.7 Å². The molecule has 0 atom stereocenters. The molecule has 158 valence electrons. The summed E-state index contributed by atoms with van der Waals surface area (Å²) in [5, 5.41) is 7.20. The molecule has 0 spiro atoms. The maximum absolute atomic E-state index is 13.4. The van der Waals surface area contributed by atoms with Gasteiger partial charge in [-0.1, -0.05) is 12.1 Å². The lowest BCUT2D eigenvalue weighted by atomic mass is 10.1. The van der Waals surface area contributed by atoms with E-state index in [0.717, 1.165) is 5.56 Å². The first-order valence-electron chi connectivity index (χ1n) is 9.01. The molecule has 2 aromatic carbocycles. The largest absolute Gasteiger partial charge is 0.493 e. The minimum absolute atomic E-state index is 0.0122. The molecule has 0 aliphatic heterocycles. The zero-order valence-electron chi connectivity index (χ0n) is 16.6. The molecule has 1 N–H and O–H groups in total. The lowest BCUT2D eigenvalue weighted by Crippen LogP contribution is -2.14. The van der Waals surface area contributed by atoms with Gasteiger partial charge >= 0.3 is 6.61 Å². The van der Waals surface area contributed by atoms with Crippen molar-refractivity contribution in [3.8, 4) is 11.5 Å². The van der Waals surface area contributed by atoms with Gasteiger partial charge in [-0.15, -0.1) is 0 Å². The second kappa shape index (κ2) is 8.89. The molecule has 30 heavy (non-hydrogen) atoms. The predicted octanol–water partition coefficient (Wildman–Crippen LogP) is 4.55. The third-order valence-corrected chi connectivity index (χ3v) is 4.48. The molecule has 9 heteroatoms. The number of ether oxygens (including phenoxy) is 2. The molecule has 0 fully saturated rings. The molecule has 0 aliphatic rings. The van der Waals surface area contributed by atoms with E-state index in [1.54, 1.807) is 30.7 Å². The van der Waals surface area contributed by atoms with Crippen molar-refractivity contribution < 1.29 is 27.4 Å². The van der Waals surface area contributed by atoms with Crippen molar-refractivity contribution in [2.24, 2.45) is 0 Å². The number of halogens is 3. The summed E-state index contributed by atoms with van der Waals surface area (Å²) in [4.78, 5) is 12.7. The number of aryl methyl sites for hydroxylation is 1. The van der Waals surface area contributed by atoms with Crippen LogP contribution in [0.25, 0.3) is 0 Å². The number of nitrogens with zero attached hydrogens (tertiary/aromatic N) is 2. The van der Waals surface area contributed by atoms with E-state index in [2.05, 4.69) is 15.2 Å². The molecule has 0 saturated carbocycles. The highest BCUT2D eigenvalue weighted by Crippen LogP contribution is 2.30. The van der Waals surface area contributed by atoms with Crippen LogP contribution in [-0.2, 0) is 6.54 Å². The molecular weight excluding hydrogens is 399 g/mol. The van der Waals surface area contributed by atoms with Crippen LogP contribution in [-0.4, -0.2) is 29.4 Å². The first-order chi connectivity index (χ1) is 14.3. The number of benzene rings is 2. The highest BCUT2D eigenvalue weighted by Gasteiger charge is 2.18. The first-order valence-corrected chi connectivity index (χ1v) is 9.01. The molecule has 0 saturated heterocycles. The van der Waals surface area contributed by atoms with E-state index >= 15 is 0 Å². The number of nitrogens with one attached hydrogen (secondary N) is 1. The van der Waals surface area contributed by atoms with Crippen LogP contribution in [0.5, 0.6) is 11.5 Å². The normalized spacial score (nSPS) is 10.9. The van der Waals surface area contributed by atoms with Crippen LogP contribution in [0.2, 0.25) is 0 Å². The molecule has 1 amide bonds. The summed E-state index contributed by atoms with van der Waals surface area (Å²) < 4.78 is 49.4. The van der Waals surface area contributed by atoms with Gasteiger partial charge in [0.15, 0.2) is 11.5 Å². The van der Waals surface area contributed by atoms with Gasteiger partial charge in [-0.05, 0) is 49.7 Å². The fraction of sp³-hybridized carbons (Fsp3) is 0.238. The van der Waals surface area contributed by atoms with E-state index in [1.165, 1.54) is 37.4 Å². The average Bonchev–Trinajstić information content (AvgIpc) is 2.95. The van der Waals surface area contributed by atoms with Crippen molar-refractivity contribution in [1.29, 1.82) is 0 Å². The zero-order chi connectivity index (χ0) is 21.8. The summed E-state index contributed by atoms with van der Waals surface area (Å²) in [6, 6.07) is 10.1.